The minimum absolute atomic E-state index is 0.0459. The van der Waals surface area contributed by atoms with Gasteiger partial charge < -0.3 is 16.0 Å². The second-order valence-corrected chi connectivity index (χ2v) is 4.65. The van der Waals surface area contributed by atoms with E-state index < -0.39 is 6.04 Å². The van der Waals surface area contributed by atoms with Gasteiger partial charge in [-0.15, -0.1) is 0 Å². The standard InChI is InChI=1S/C10H20N3O3P/c1-6(2)9(13-7(14)4-11-3)10(16)12-5-8(15)17/h6,9,11H,4-5,17H2,1-3H3,(H,12,16)(H,13,14). The number of hydrogen-bond acceptors (Lipinski definition) is 4. The van der Waals surface area contributed by atoms with E-state index >= 15 is 0 Å². The molecule has 17 heavy (non-hydrogen) atoms. The molecule has 98 valence electrons. The van der Waals surface area contributed by atoms with E-state index in [2.05, 4.69) is 16.0 Å². The van der Waals surface area contributed by atoms with E-state index in [4.69, 9.17) is 0 Å². The molecule has 3 N–H and O–H groups in total. The fourth-order valence-electron chi connectivity index (χ4n) is 1.20. The van der Waals surface area contributed by atoms with Gasteiger partial charge in [0, 0.05) is 0 Å². The third kappa shape index (κ3) is 7.02. The highest BCUT2D eigenvalue weighted by Crippen LogP contribution is 2.01. The van der Waals surface area contributed by atoms with Gasteiger partial charge in [0.1, 0.15) is 6.04 Å². The molecule has 0 aliphatic heterocycles. The van der Waals surface area contributed by atoms with Crippen molar-refractivity contribution in [1.82, 2.24) is 16.0 Å². The van der Waals surface area contributed by atoms with Crippen molar-refractivity contribution < 1.29 is 14.4 Å². The smallest absolute Gasteiger partial charge is 0.243 e. The number of carbonyl (C=O) groups excluding carboxylic acids is 3. The number of rotatable bonds is 7. The first-order valence-electron chi connectivity index (χ1n) is 5.38. The van der Waals surface area contributed by atoms with Crippen LogP contribution in [0.15, 0.2) is 0 Å². The highest BCUT2D eigenvalue weighted by molar-refractivity contribution is 7.40. The lowest BCUT2D eigenvalue weighted by atomic mass is 10.0. The van der Waals surface area contributed by atoms with Gasteiger partial charge in [0.2, 0.25) is 11.8 Å². The predicted octanol–water partition coefficient (Wildman–Crippen LogP) is -1.14. The van der Waals surface area contributed by atoms with E-state index in [0.717, 1.165) is 0 Å². The number of carbonyl (C=O) groups is 3. The molecular weight excluding hydrogens is 241 g/mol. The Kier molecular flexibility index (Phi) is 7.66. The Bertz CT molecular complexity index is 295. The molecule has 0 aromatic rings. The molecule has 0 spiro atoms. The summed E-state index contributed by atoms with van der Waals surface area (Å²) in [4.78, 5) is 33.8. The molecule has 0 aromatic carbocycles. The zero-order chi connectivity index (χ0) is 13.4. The van der Waals surface area contributed by atoms with Crippen LogP contribution in [0.2, 0.25) is 0 Å². The summed E-state index contributed by atoms with van der Waals surface area (Å²) in [6.45, 7) is 3.76. The number of amides is 2. The third-order valence-corrected chi connectivity index (χ3v) is 2.24. The molecule has 2 atom stereocenters. The molecule has 0 fully saturated rings. The lowest BCUT2D eigenvalue weighted by Crippen LogP contribution is -2.51. The molecule has 7 heteroatoms. The molecule has 0 bridgehead atoms. The van der Waals surface area contributed by atoms with Crippen molar-refractivity contribution in [3.05, 3.63) is 0 Å². The summed E-state index contributed by atoms with van der Waals surface area (Å²) >= 11 is 0. The number of nitrogens with one attached hydrogen (secondary N) is 3. The number of likely N-dealkylation sites (N-methyl/N-ethyl adjacent to an activating group) is 1. The van der Waals surface area contributed by atoms with Gasteiger partial charge in [-0.25, -0.2) is 0 Å². The summed E-state index contributed by atoms with van der Waals surface area (Å²) in [6.07, 6.45) is 0. The van der Waals surface area contributed by atoms with Crippen molar-refractivity contribution in [2.75, 3.05) is 20.1 Å². The Morgan fingerprint density at radius 1 is 1.18 bits per heavy atom. The lowest BCUT2D eigenvalue weighted by Gasteiger charge is -2.21. The SMILES string of the molecule is CNCC(=O)NC(C(=O)NCC(=O)P)C(C)C. The average Bonchev–Trinajstić information content (AvgIpc) is 2.22. The molecule has 0 rings (SSSR count). The van der Waals surface area contributed by atoms with Gasteiger partial charge in [-0.05, 0) is 13.0 Å². The Hall–Kier alpha value is -1.00. The van der Waals surface area contributed by atoms with Crippen LogP contribution in [0.1, 0.15) is 13.8 Å². The van der Waals surface area contributed by atoms with Crippen molar-refractivity contribution in [2.24, 2.45) is 5.92 Å². The molecule has 0 aromatic heterocycles. The van der Waals surface area contributed by atoms with Crippen molar-refractivity contribution in [3.8, 4) is 0 Å². The Balaban J connectivity index is 4.36. The van der Waals surface area contributed by atoms with Crippen molar-refractivity contribution in [3.63, 3.8) is 0 Å². The summed E-state index contributed by atoms with van der Waals surface area (Å²) in [5.74, 6) is -0.644. The van der Waals surface area contributed by atoms with Gasteiger partial charge in [0.15, 0.2) is 5.52 Å². The quantitative estimate of drug-likeness (QED) is 0.506. The lowest BCUT2D eigenvalue weighted by molar-refractivity contribution is -0.130. The van der Waals surface area contributed by atoms with Gasteiger partial charge in [-0.1, -0.05) is 23.1 Å². The topological polar surface area (TPSA) is 87.3 Å². The number of hydrogen-bond donors (Lipinski definition) is 3. The van der Waals surface area contributed by atoms with E-state index in [1.165, 1.54) is 0 Å². The van der Waals surface area contributed by atoms with Crippen LogP contribution in [0.4, 0.5) is 0 Å². The summed E-state index contributed by atoms with van der Waals surface area (Å²) in [5, 5.41) is 7.78. The predicted molar refractivity (Wildman–Crippen MR) is 68.4 cm³/mol. The van der Waals surface area contributed by atoms with Crippen molar-refractivity contribution in [2.45, 2.75) is 19.9 Å². The van der Waals surface area contributed by atoms with E-state index in [1.807, 2.05) is 23.1 Å². The fraction of sp³-hybridized carbons (Fsp3) is 0.700. The van der Waals surface area contributed by atoms with Crippen molar-refractivity contribution in [1.29, 1.82) is 0 Å². The normalized spacial score (nSPS) is 12.1. The monoisotopic (exact) mass is 261 g/mol. The van der Waals surface area contributed by atoms with Gasteiger partial charge >= 0.3 is 0 Å². The van der Waals surface area contributed by atoms with E-state index in [0.29, 0.717) is 0 Å². The van der Waals surface area contributed by atoms with Crippen LogP contribution in [-0.4, -0.2) is 43.5 Å². The molecule has 0 saturated carbocycles. The van der Waals surface area contributed by atoms with Gasteiger partial charge in [-0.3, -0.25) is 14.4 Å². The van der Waals surface area contributed by atoms with Gasteiger partial charge in [0.05, 0.1) is 13.1 Å². The zero-order valence-electron chi connectivity index (χ0n) is 10.4. The molecule has 2 amide bonds. The minimum atomic E-state index is -0.625. The minimum Gasteiger partial charge on any atom is -0.347 e. The summed E-state index contributed by atoms with van der Waals surface area (Å²) in [5.41, 5.74) is -0.206. The highest BCUT2D eigenvalue weighted by Gasteiger charge is 2.23. The maximum atomic E-state index is 11.7. The van der Waals surface area contributed by atoms with Crippen LogP contribution in [0, 0.1) is 5.92 Å². The third-order valence-electron chi connectivity index (χ3n) is 2.04. The maximum absolute atomic E-state index is 11.7. The Labute approximate surface area is 103 Å². The maximum Gasteiger partial charge on any atom is 0.243 e. The molecule has 0 aliphatic rings. The Morgan fingerprint density at radius 3 is 2.18 bits per heavy atom. The summed E-state index contributed by atoms with van der Waals surface area (Å²) in [7, 11) is 3.63. The van der Waals surface area contributed by atoms with Crippen molar-refractivity contribution >= 4 is 26.6 Å². The molecular formula is C10H20N3O3P. The first kappa shape index (κ1) is 16.0. The molecule has 2 unspecified atom stereocenters. The second-order valence-electron chi connectivity index (χ2n) is 4.00. The summed E-state index contributed by atoms with van der Waals surface area (Å²) in [6, 6.07) is -0.625. The molecule has 0 radical (unpaired) electrons. The zero-order valence-corrected chi connectivity index (χ0v) is 11.5. The van der Waals surface area contributed by atoms with Crippen LogP contribution in [0.3, 0.4) is 0 Å². The van der Waals surface area contributed by atoms with Crippen LogP contribution in [-0.2, 0) is 14.4 Å². The highest BCUT2D eigenvalue weighted by atomic mass is 31.0. The average molecular weight is 261 g/mol. The van der Waals surface area contributed by atoms with Crippen LogP contribution in [0.25, 0.3) is 0 Å². The second kappa shape index (κ2) is 8.14. The van der Waals surface area contributed by atoms with Crippen LogP contribution < -0.4 is 16.0 Å². The summed E-state index contributed by atoms with van der Waals surface area (Å²) < 4.78 is 0. The molecule has 0 aliphatic carbocycles. The van der Waals surface area contributed by atoms with Crippen LogP contribution >= 0.6 is 9.24 Å². The van der Waals surface area contributed by atoms with E-state index in [-0.39, 0.29) is 36.3 Å². The van der Waals surface area contributed by atoms with E-state index in [1.54, 1.807) is 7.05 Å². The van der Waals surface area contributed by atoms with Crippen LogP contribution in [0.5, 0.6) is 0 Å². The van der Waals surface area contributed by atoms with Gasteiger partial charge in [0.25, 0.3) is 0 Å². The molecule has 6 nitrogen and oxygen atoms in total. The van der Waals surface area contributed by atoms with E-state index in [9.17, 15) is 14.4 Å². The first-order chi connectivity index (χ1) is 7.88. The molecule has 0 heterocycles. The molecule has 0 saturated heterocycles. The van der Waals surface area contributed by atoms with Gasteiger partial charge in [-0.2, -0.15) is 0 Å². The first-order valence-corrected chi connectivity index (χ1v) is 5.96. The largest absolute Gasteiger partial charge is 0.347 e. The fourth-order valence-corrected chi connectivity index (χ4v) is 1.31. The Morgan fingerprint density at radius 2 is 1.76 bits per heavy atom.